The molecule has 0 saturated carbocycles. The molecule has 2 rings (SSSR count). The smallest absolute Gasteiger partial charge is 0.469 e. The molecule has 0 heterocycles. The van der Waals surface area contributed by atoms with Crippen LogP contribution in [0.4, 0.5) is 0 Å². The Bertz CT molecular complexity index is 727. The van der Waals surface area contributed by atoms with E-state index < -0.39 is 20.0 Å². The molecule has 10 heteroatoms. The van der Waals surface area contributed by atoms with E-state index in [9.17, 15) is 14.8 Å². The van der Waals surface area contributed by atoms with Crippen molar-refractivity contribution in [3.8, 4) is 17.2 Å². The van der Waals surface area contributed by atoms with Gasteiger partial charge in [-0.1, -0.05) is 0 Å². The summed E-state index contributed by atoms with van der Waals surface area (Å²) < 4.78 is 31.5. The number of rotatable bonds is 8. The first kappa shape index (κ1) is 21.5. The first-order chi connectivity index (χ1) is 12.7. The first-order valence-electron chi connectivity index (χ1n) is 8.30. The summed E-state index contributed by atoms with van der Waals surface area (Å²) in [4.78, 5) is 18.3. The van der Waals surface area contributed by atoms with Crippen LogP contribution in [0.15, 0.2) is 24.0 Å². The Hall–Kier alpha value is -1.77. The fourth-order valence-electron chi connectivity index (χ4n) is 3.23. The number of phenols is 1. The summed E-state index contributed by atoms with van der Waals surface area (Å²) in [6, 6.07) is 3.25. The Morgan fingerprint density at radius 1 is 1.15 bits per heavy atom. The van der Waals surface area contributed by atoms with Crippen molar-refractivity contribution in [2.24, 2.45) is 5.92 Å². The summed E-state index contributed by atoms with van der Waals surface area (Å²) in [5, 5.41) is 20.4. The quantitative estimate of drug-likeness (QED) is 0.478. The van der Waals surface area contributed by atoms with Gasteiger partial charge in [0.05, 0.1) is 21.3 Å². The average molecular weight is 404 g/mol. The highest BCUT2D eigenvalue weighted by molar-refractivity contribution is 7.46. The molecule has 0 amide bonds. The number of aryl methyl sites for hydroxylation is 1. The number of aromatic hydroxyl groups is 1. The van der Waals surface area contributed by atoms with E-state index in [0.717, 1.165) is 5.56 Å². The molecule has 0 spiro atoms. The number of allylic oxidation sites excluding steroid dienone is 1. The standard InChI is InChI=1S/C17H25O9P/c1-23-13-7-6-11(16(15(13)19)26-27(20,21)22)5-4-10-8-12(18)17(25-3)14(9-10)24-2/h7-9,11,15-16,18-19H,4-6H2,1-3H3,(H2,20,21,22)/t11?,15-,16?/m0/s1. The molecular weight excluding hydrogens is 379 g/mol. The fraction of sp³-hybridized carbons (Fsp3) is 0.529. The zero-order chi connectivity index (χ0) is 20.2. The number of hydrogen-bond acceptors (Lipinski definition) is 7. The lowest BCUT2D eigenvalue weighted by molar-refractivity contribution is -0.0310. The van der Waals surface area contributed by atoms with Crippen LogP contribution in [0.3, 0.4) is 0 Å². The molecule has 27 heavy (non-hydrogen) atoms. The van der Waals surface area contributed by atoms with Gasteiger partial charge in [0.2, 0.25) is 5.75 Å². The summed E-state index contributed by atoms with van der Waals surface area (Å²) in [7, 11) is -0.542. The van der Waals surface area contributed by atoms with E-state index in [1.54, 1.807) is 12.1 Å². The topological polar surface area (TPSA) is 135 Å². The number of aliphatic hydroxyl groups is 1. The van der Waals surface area contributed by atoms with Crippen LogP contribution in [0.2, 0.25) is 0 Å². The average Bonchev–Trinajstić information content (AvgIpc) is 2.60. The molecule has 1 aromatic rings. The van der Waals surface area contributed by atoms with Crippen molar-refractivity contribution >= 4 is 7.82 Å². The maximum atomic E-state index is 11.3. The highest BCUT2D eigenvalue weighted by Gasteiger charge is 2.39. The van der Waals surface area contributed by atoms with E-state index in [0.29, 0.717) is 25.0 Å². The van der Waals surface area contributed by atoms with Gasteiger partial charge in [-0.15, -0.1) is 0 Å². The van der Waals surface area contributed by atoms with Crippen LogP contribution >= 0.6 is 7.82 Å². The Morgan fingerprint density at radius 2 is 1.85 bits per heavy atom. The Labute approximate surface area is 157 Å². The van der Waals surface area contributed by atoms with Crippen LogP contribution in [0, 0.1) is 5.92 Å². The van der Waals surface area contributed by atoms with Crippen molar-refractivity contribution in [1.29, 1.82) is 0 Å². The predicted molar refractivity (Wildman–Crippen MR) is 95.7 cm³/mol. The molecule has 0 aromatic heterocycles. The number of phosphoric acid groups is 1. The molecule has 0 radical (unpaired) electrons. The van der Waals surface area contributed by atoms with Crippen molar-refractivity contribution in [3.05, 3.63) is 29.5 Å². The van der Waals surface area contributed by atoms with Gasteiger partial charge in [0.25, 0.3) is 0 Å². The van der Waals surface area contributed by atoms with Crippen molar-refractivity contribution in [1.82, 2.24) is 0 Å². The van der Waals surface area contributed by atoms with Gasteiger partial charge in [-0.25, -0.2) is 4.57 Å². The van der Waals surface area contributed by atoms with Gasteiger partial charge in [0.1, 0.15) is 18.0 Å². The molecule has 0 aliphatic heterocycles. The van der Waals surface area contributed by atoms with Gasteiger partial charge in [0.15, 0.2) is 11.5 Å². The minimum absolute atomic E-state index is 0.0693. The molecule has 0 bridgehead atoms. The molecule has 9 nitrogen and oxygen atoms in total. The van der Waals surface area contributed by atoms with Gasteiger partial charge < -0.3 is 34.2 Å². The second kappa shape index (κ2) is 8.95. The minimum Gasteiger partial charge on any atom is -0.504 e. The summed E-state index contributed by atoms with van der Waals surface area (Å²) in [6.07, 6.45) is 0.622. The highest BCUT2D eigenvalue weighted by Crippen LogP contribution is 2.44. The van der Waals surface area contributed by atoms with Crippen LogP contribution in [-0.4, -0.2) is 53.5 Å². The Kier molecular flexibility index (Phi) is 7.13. The molecule has 3 atom stereocenters. The van der Waals surface area contributed by atoms with E-state index in [1.165, 1.54) is 27.4 Å². The zero-order valence-electron chi connectivity index (χ0n) is 15.4. The molecular formula is C17H25O9P. The second-order valence-electron chi connectivity index (χ2n) is 6.20. The number of methoxy groups -OCH3 is 3. The minimum atomic E-state index is -4.79. The first-order valence-corrected chi connectivity index (χ1v) is 9.83. The Morgan fingerprint density at radius 3 is 2.41 bits per heavy atom. The maximum Gasteiger partial charge on any atom is 0.469 e. The van der Waals surface area contributed by atoms with E-state index in [-0.39, 0.29) is 23.2 Å². The summed E-state index contributed by atoms with van der Waals surface area (Å²) >= 11 is 0. The van der Waals surface area contributed by atoms with Crippen molar-refractivity contribution in [2.75, 3.05) is 21.3 Å². The largest absolute Gasteiger partial charge is 0.504 e. The number of phosphoric ester groups is 1. The van der Waals surface area contributed by atoms with Crippen LogP contribution in [0.5, 0.6) is 17.2 Å². The number of hydrogen-bond donors (Lipinski definition) is 4. The monoisotopic (exact) mass is 404 g/mol. The summed E-state index contributed by atoms with van der Waals surface area (Å²) in [5.74, 6) is 0.390. The normalized spacial score (nSPS) is 22.9. The molecule has 4 N–H and O–H groups in total. The molecule has 152 valence electrons. The van der Waals surface area contributed by atoms with Crippen LogP contribution < -0.4 is 9.47 Å². The second-order valence-corrected chi connectivity index (χ2v) is 7.39. The van der Waals surface area contributed by atoms with E-state index in [2.05, 4.69) is 0 Å². The third kappa shape index (κ3) is 5.37. The lowest BCUT2D eigenvalue weighted by Gasteiger charge is -2.34. The molecule has 2 unspecified atom stereocenters. The predicted octanol–water partition coefficient (Wildman–Crippen LogP) is 1.73. The summed E-state index contributed by atoms with van der Waals surface area (Å²) in [6.45, 7) is 0. The number of ether oxygens (including phenoxy) is 3. The number of aliphatic hydroxyl groups excluding tert-OH is 1. The van der Waals surface area contributed by atoms with Gasteiger partial charge in [-0.05, 0) is 49.0 Å². The maximum absolute atomic E-state index is 11.3. The fourth-order valence-corrected chi connectivity index (χ4v) is 3.83. The van der Waals surface area contributed by atoms with Crippen molar-refractivity contribution in [3.63, 3.8) is 0 Å². The number of benzene rings is 1. The van der Waals surface area contributed by atoms with Crippen molar-refractivity contribution in [2.45, 2.75) is 31.5 Å². The molecule has 0 saturated heterocycles. The Balaban J connectivity index is 2.18. The van der Waals surface area contributed by atoms with Gasteiger partial charge in [-0.3, -0.25) is 4.52 Å². The van der Waals surface area contributed by atoms with E-state index in [4.69, 9.17) is 28.5 Å². The van der Waals surface area contributed by atoms with Crippen LogP contribution in [0.1, 0.15) is 18.4 Å². The van der Waals surface area contributed by atoms with Crippen molar-refractivity contribution < 1.29 is 43.3 Å². The highest BCUT2D eigenvalue weighted by atomic mass is 31.2. The zero-order valence-corrected chi connectivity index (χ0v) is 16.3. The third-order valence-corrected chi connectivity index (χ3v) is 5.02. The third-order valence-electron chi connectivity index (χ3n) is 4.51. The van der Waals surface area contributed by atoms with Gasteiger partial charge >= 0.3 is 7.82 Å². The lowest BCUT2D eigenvalue weighted by atomic mass is 9.84. The van der Waals surface area contributed by atoms with Crippen LogP contribution in [0.25, 0.3) is 0 Å². The molecule has 0 fully saturated rings. The van der Waals surface area contributed by atoms with E-state index in [1.807, 2.05) is 0 Å². The summed E-state index contributed by atoms with van der Waals surface area (Å²) in [5.41, 5.74) is 0.746. The van der Waals surface area contributed by atoms with Crippen LogP contribution in [-0.2, 0) is 20.2 Å². The SMILES string of the molecule is COC1=CCC(CCc2cc(O)c(OC)c(OC)c2)C(OP(=O)(O)O)[C@H]1O. The van der Waals surface area contributed by atoms with E-state index >= 15 is 0 Å². The lowest BCUT2D eigenvalue weighted by Crippen LogP contribution is -2.40. The molecule has 1 aliphatic carbocycles. The molecule has 1 aliphatic rings. The molecule has 1 aromatic carbocycles. The van der Waals surface area contributed by atoms with Gasteiger partial charge in [0, 0.05) is 0 Å². The van der Waals surface area contributed by atoms with Gasteiger partial charge in [-0.2, -0.15) is 0 Å². The number of phenolic OH excluding ortho intramolecular Hbond substituents is 1.